The maximum atomic E-state index is 12.9. The summed E-state index contributed by atoms with van der Waals surface area (Å²) in [6.45, 7) is 2.25. The van der Waals surface area contributed by atoms with E-state index >= 15 is 0 Å². The number of benzene rings is 1. The number of nitrogens with one attached hydrogen (secondary N) is 1. The standard InChI is InChI=1S/C21H22F3N5O2/c1-12-3-5-14(6-4-12)29-11-13-7-16(18(31-2)8-15(13)28-29)27-20(30)17-9-25-10-19(26-17)21(22,23)24/h7-12,14H,3-6H2,1-2H3,(H,27,30)/t12-,14-. The fraction of sp³-hybridized carbons (Fsp3) is 0.429. The van der Waals surface area contributed by atoms with Crippen molar-refractivity contribution in [1.29, 1.82) is 0 Å². The number of alkyl halides is 3. The molecule has 0 bridgehead atoms. The molecule has 1 fully saturated rings. The molecule has 0 unspecified atom stereocenters. The molecule has 10 heteroatoms. The zero-order valence-corrected chi connectivity index (χ0v) is 17.1. The highest BCUT2D eigenvalue weighted by Gasteiger charge is 2.33. The lowest BCUT2D eigenvalue weighted by molar-refractivity contribution is -0.141. The molecule has 0 aliphatic heterocycles. The van der Waals surface area contributed by atoms with Crippen molar-refractivity contribution in [1.82, 2.24) is 19.7 Å². The van der Waals surface area contributed by atoms with Crippen molar-refractivity contribution in [3.63, 3.8) is 0 Å². The highest BCUT2D eigenvalue weighted by molar-refractivity contribution is 6.04. The topological polar surface area (TPSA) is 81.9 Å². The van der Waals surface area contributed by atoms with E-state index in [2.05, 4.69) is 27.3 Å². The summed E-state index contributed by atoms with van der Waals surface area (Å²) in [5, 5.41) is 8.03. The first kappa shape index (κ1) is 21.1. The largest absolute Gasteiger partial charge is 0.494 e. The van der Waals surface area contributed by atoms with Crippen molar-refractivity contribution in [3.05, 3.63) is 42.1 Å². The molecule has 2 aromatic heterocycles. The lowest BCUT2D eigenvalue weighted by Crippen LogP contribution is -2.18. The van der Waals surface area contributed by atoms with E-state index in [1.165, 1.54) is 7.11 Å². The number of anilines is 1. The maximum Gasteiger partial charge on any atom is 0.434 e. The van der Waals surface area contributed by atoms with Gasteiger partial charge in [0, 0.05) is 17.6 Å². The van der Waals surface area contributed by atoms with Crippen molar-refractivity contribution >= 4 is 22.5 Å². The minimum Gasteiger partial charge on any atom is -0.494 e. The van der Waals surface area contributed by atoms with Gasteiger partial charge in [0.1, 0.15) is 11.4 Å². The number of hydrogen-bond acceptors (Lipinski definition) is 5. The summed E-state index contributed by atoms with van der Waals surface area (Å²) < 4.78 is 45.9. The number of halogens is 3. The van der Waals surface area contributed by atoms with Crippen LogP contribution in [0.4, 0.5) is 18.9 Å². The Balaban J connectivity index is 1.60. The summed E-state index contributed by atoms with van der Waals surface area (Å²) in [6, 6.07) is 3.72. The van der Waals surface area contributed by atoms with Gasteiger partial charge >= 0.3 is 6.18 Å². The molecule has 0 saturated heterocycles. The number of hydrogen-bond donors (Lipinski definition) is 1. The van der Waals surface area contributed by atoms with Gasteiger partial charge in [-0.25, -0.2) is 4.98 Å². The minimum atomic E-state index is -4.69. The van der Waals surface area contributed by atoms with Crippen molar-refractivity contribution in [2.24, 2.45) is 5.92 Å². The molecule has 1 amide bonds. The molecule has 7 nitrogen and oxygen atoms in total. The van der Waals surface area contributed by atoms with Crippen LogP contribution in [0.25, 0.3) is 10.9 Å². The first-order valence-corrected chi connectivity index (χ1v) is 10.0. The first-order valence-electron chi connectivity index (χ1n) is 10.0. The average molecular weight is 433 g/mol. The lowest BCUT2D eigenvalue weighted by atomic mass is 9.87. The molecular weight excluding hydrogens is 411 g/mol. The van der Waals surface area contributed by atoms with Gasteiger partial charge in [-0.15, -0.1) is 0 Å². The van der Waals surface area contributed by atoms with Gasteiger partial charge in [0.05, 0.1) is 36.7 Å². The van der Waals surface area contributed by atoms with Crippen LogP contribution in [0.1, 0.15) is 54.8 Å². The van der Waals surface area contributed by atoms with Gasteiger partial charge in [-0.2, -0.15) is 18.3 Å². The van der Waals surface area contributed by atoms with E-state index in [1.54, 1.807) is 12.1 Å². The highest BCUT2D eigenvalue weighted by atomic mass is 19.4. The molecule has 1 aliphatic rings. The molecule has 2 heterocycles. The van der Waals surface area contributed by atoms with E-state index in [9.17, 15) is 18.0 Å². The summed E-state index contributed by atoms with van der Waals surface area (Å²) in [6.07, 6.45) is 3.23. The summed E-state index contributed by atoms with van der Waals surface area (Å²) >= 11 is 0. The monoisotopic (exact) mass is 433 g/mol. The molecule has 4 rings (SSSR count). The number of nitrogens with zero attached hydrogens (tertiary/aromatic N) is 4. The predicted octanol–water partition coefficient (Wildman–Crippen LogP) is 4.86. The van der Waals surface area contributed by atoms with E-state index < -0.39 is 23.5 Å². The van der Waals surface area contributed by atoms with Gasteiger partial charge in [0.25, 0.3) is 5.91 Å². The molecule has 1 aromatic carbocycles. The van der Waals surface area contributed by atoms with E-state index in [0.717, 1.165) is 43.2 Å². The third kappa shape index (κ3) is 4.47. The Kier molecular flexibility index (Phi) is 5.55. The van der Waals surface area contributed by atoms with Gasteiger partial charge in [-0.1, -0.05) is 6.92 Å². The van der Waals surface area contributed by atoms with Crippen molar-refractivity contribution in [3.8, 4) is 5.75 Å². The molecule has 1 aliphatic carbocycles. The quantitative estimate of drug-likeness (QED) is 0.636. The fourth-order valence-corrected chi connectivity index (χ4v) is 3.83. The molecule has 3 aromatic rings. The number of carbonyl (C=O) groups excluding carboxylic acids is 1. The second-order valence-electron chi connectivity index (χ2n) is 7.88. The highest BCUT2D eigenvalue weighted by Crippen LogP contribution is 2.35. The minimum absolute atomic E-state index is 0.316. The number of carbonyl (C=O) groups is 1. The Bertz CT molecular complexity index is 1100. The molecule has 1 saturated carbocycles. The fourth-order valence-electron chi connectivity index (χ4n) is 3.83. The Morgan fingerprint density at radius 1 is 1.19 bits per heavy atom. The Morgan fingerprint density at radius 2 is 1.94 bits per heavy atom. The summed E-state index contributed by atoms with van der Waals surface area (Å²) in [5.74, 6) is 0.260. The Morgan fingerprint density at radius 3 is 2.61 bits per heavy atom. The van der Waals surface area contributed by atoms with Gasteiger partial charge in [-0.3, -0.25) is 14.5 Å². The van der Waals surface area contributed by atoms with Gasteiger partial charge in [0.2, 0.25) is 0 Å². The Labute approximate surface area is 176 Å². The van der Waals surface area contributed by atoms with Crippen LogP contribution in [0.15, 0.2) is 30.7 Å². The van der Waals surface area contributed by atoms with E-state index in [4.69, 9.17) is 4.74 Å². The predicted molar refractivity (Wildman–Crippen MR) is 108 cm³/mol. The zero-order valence-electron chi connectivity index (χ0n) is 17.1. The van der Waals surface area contributed by atoms with Crippen molar-refractivity contribution in [2.45, 2.75) is 44.8 Å². The lowest BCUT2D eigenvalue weighted by Gasteiger charge is -2.26. The molecule has 164 valence electrons. The smallest absolute Gasteiger partial charge is 0.434 e. The second-order valence-corrected chi connectivity index (χ2v) is 7.88. The van der Waals surface area contributed by atoms with Crippen LogP contribution < -0.4 is 10.1 Å². The van der Waals surface area contributed by atoms with Crippen LogP contribution in [0.5, 0.6) is 5.75 Å². The van der Waals surface area contributed by atoms with Crippen LogP contribution in [0, 0.1) is 5.92 Å². The number of aromatic nitrogens is 4. The van der Waals surface area contributed by atoms with Crippen LogP contribution >= 0.6 is 0 Å². The molecule has 1 N–H and O–H groups in total. The summed E-state index contributed by atoms with van der Waals surface area (Å²) in [4.78, 5) is 19.4. The van der Waals surface area contributed by atoms with Crippen molar-refractivity contribution < 1.29 is 22.7 Å². The Hall–Kier alpha value is -3.17. The van der Waals surface area contributed by atoms with Crippen LogP contribution in [-0.4, -0.2) is 32.8 Å². The number of ether oxygens (including phenoxy) is 1. The van der Waals surface area contributed by atoms with E-state index in [-0.39, 0.29) is 0 Å². The average Bonchev–Trinajstić information content (AvgIpc) is 3.16. The summed E-state index contributed by atoms with van der Waals surface area (Å²) in [7, 11) is 1.44. The SMILES string of the molecule is COc1cc2nn([C@H]3CC[C@H](C)CC3)cc2cc1NC(=O)c1cncc(C(F)(F)F)n1. The molecule has 31 heavy (non-hydrogen) atoms. The number of methoxy groups -OCH3 is 1. The number of fused-ring (bicyclic) bond motifs is 1. The van der Waals surface area contributed by atoms with Crippen molar-refractivity contribution in [2.75, 3.05) is 12.4 Å². The maximum absolute atomic E-state index is 12.9. The molecular formula is C21H22F3N5O2. The molecule has 0 spiro atoms. The first-order chi connectivity index (χ1) is 14.7. The second kappa shape index (κ2) is 8.16. The third-order valence-corrected chi connectivity index (χ3v) is 5.61. The number of rotatable bonds is 4. The van der Waals surface area contributed by atoms with E-state index in [0.29, 0.717) is 29.2 Å². The number of amides is 1. The van der Waals surface area contributed by atoms with Gasteiger partial charge in [0.15, 0.2) is 5.69 Å². The molecule has 0 radical (unpaired) electrons. The van der Waals surface area contributed by atoms with Crippen LogP contribution in [0.2, 0.25) is 0 Å². The normalized spacial score (nSPS) is 19.4. The van der Waals surface area contributed by atoms with E-state index in [1.807, 2.05) is 10.9 Å². The zero-order chi connectivity index (χ0) is 22.2. The van der Waals surface area contributed by atoms with Gasteiger partial charge in [-0.05, 0) is 37.7 Å². The third-order valence-electron chi connectivity index (χ3n) is 5.61. The summed E-state index contributed by atoms with van der Waals surface area (Å²) in [5.41, 5.74) is -0.641. The van der Waals surface area contributed by atoms with Crippen LogP contribution in [-0.2, 0) is 6.18 Å². The van der Waals surface area contributed by atoms with Gasteiger partial charge < -0.3 is 10.1 Å². The van der Waals surface area contributed by atoms with Crippen LogP contribution in [0.3, 0.4) is 0 Å². The molecule has 0 atom stereocenters.